The van der Waals surface area contributed by atoms with Gasteiger partial charge >= 0.3 is 0 Å². The van der Waals surface area contributed by atoms with E-state index in [2.05, 4.69) is 17.0 Å². The standard InChI is InChI=1S/C13H20N2O/c1-16-13-6-4-11(5-7-13)10-15-8-2-3-12(15)9-14/h4-7,12H,2-3,8-10,14H2,1H3. The van der Waals surface area contributed by atoms with E-state index in [4.69, 9.17) is 10.5 Å². The summed E-state index contributed by atoms with van der Waals surface area (Å²) in [7, 11) is 1.69. The number of hydrogen-bond acceptors (Lipinski definition) is 3. The number of benzene rings is 1. The van der Waals surface area contributed by atoms with Gasteiger partial charge in [0.15, 0.2) is 0 Å². The SMILES string of the molecule is COc1ccc(CN2CCCC2CN)cc1. The summed E-state index contributed by atoms with van der Waals surface area (Å²) >= 11 is 0. The fourth-order valence-electron chi connectivity index (χ4n) is 2.34. The van der Waals surface area contributed by atoms with Crippen LogP contribution in [0, 0.1) is 0 Å². The number of nitrogens with two attached hydrogens (primary N) is 1. The summed E-state index contributed by atoms with van der Waals surface area (Å²) in [5.41, 5.74) is 7.10. The molecule has 1 saturated heterocycles. The van der Waals surface area contributed by atoms with E-state index in [1.165, 1.54) is 24.9 Å². The molecular formula is C13H20N2O. The Morgan fingerprint density at radius 2 is 2.12 bits per heavy atom. The zero-order valence-electron chi connectivity index (χ0n) is 9.86. The molecule has 1 heterocycles. The molecule has 0 aromatic heterocycles. The van der Waals surface area contributed by atoms with Gasteiger partial charge < -0.3 is 10.5 Å². The predicted octanol–water partition coefficient (Wildman–Crippen LogP) is 1.62. The second-order valence-corrected chi connectivity index (χ2v) is 4.35. The molecule has 88 valence electrons. The Kier molecular flexibility index (Phi) is 3.80. The molecule has 2 rings (SSSR count). The summed E-state index contributed by atoms with van der Waals surface area (Å²) in [5.74, 6) is 0.917. The molecule has 1 aliphatic heterocycles. The molecule has 0 saturated carbocycles. The largest absolute Gasteiger partial charge is 0.497 e. The number of methoxy groups -OCH3 is 1. The molecule has 0 radical (unpaired) electrons. The summed E-state index contributed by atoms with van der Waals surface area (Å²) in [6, 6.07) is 8.86. The van der Waals surface area contributed by atoms with E-state index in [-0.39, 0.29) is 0 Å². The number of rotatable bonds is 4. The molecule has 1 aromatic rings. The quantitative estimate of drug-likeness (QED) is 0.838. The molecule has 0 amide bonds. The topological polar surface area (TPSA) is 38.5 Å². The van der Waals surface area contributed by atoms with Crippen LogP contribution in [-0.2, 0) is 6.54 Å². The fraction of sp³-hybridized carbons (Fsp3) is 0.538. The summed E-state index contributed by atoms with van der Waals surface area (Å²) in [6.45, 7) is 2.95. The van der Waals surface area contributed by atoms with Crippen LogP contribution in [0.2, 0.25) is 0 Å². The van der Waals surface area contributed by atoms with Crippen molar-refractivity contribution >= 4 is 0 Å². The maximum Gasteiger partial charge on any atom is 0.118 e. The van der Waals surface area contributed by atoms with Crippen LogP contribution in [0.3, 0.4) is 0 Å². The smallest absolute Gasteiger partial charge is 0.118 e. The molecule has 1 fully saturated rings. The van der Waals surface area contributed by atoms with Crippen LogP contribution in [-0.4, -0.2) is 31.1 Å². The maximum atomic E-state index is 5.76. The van der Waals surface area contributed by atoms with Crippen molar-refractivity contribution in [1.82, 2.24) is 4.90 Å². The third-order valence-electron chi connectivity index (χ3n) is 3.32. The molecule has 3 nitrogen and oxygen atoms in total. The van der Waals surface area contributed by atoms with E-state index in [9.17, 15) is 0 Å². The zero-order chi connectivity index (χ0) is 11.4. The highest BCUT2D eigenvalue weighted by Crippen LogP contribution is 2.20. The van der Waals surface area contributed by atoms with Gasteiger partial charge in [-0.05, 0) is 37.1 Å². The normalized spacial score (nSPS) is 21.2. The van der Waals surface area contributed by atoms with Gasteiger partial charge in [0.2, 0.25) is 0 Å². The Morgan fingerprint density at radius 3 is 2.75 bits per heavy atom. The fourth-order valence-corrected chi connectivity index (χ4v) is 2.34. The number of likely N-dealkylation sites (tertiary alicyclic amines) is 1. The minimum absolute atomic E-state index is 0.571. The minimum Gasteiger partial charge on any atom is -0.497 e. The van der Waals surface area contributed by atoms with Crippen molar-refractivity contribution in [3.05, 3.63) is 29.8 Å². The summed E-state index contributed by atoms with van der Waals surface area (Å²) in [4.78, 5) is 2.47. The van der Waals surface area contributed by atoms with E-state index < -0.39 is 0 Å². The van der Waals surface area contributed by atoms with Gasteiger partial charge in [0.05, 0.1) is 7.11 Å². The Hall–Kier alpha value is -1.06. The van der Waals surface area contributed by atoms with Gasteiger partial charge in [0.25, 0.3) is 0 Å². The minimum atomic E-state index is 0.571. The highest BCUT2D eigenvalue weighted by molar-refractivity contribution is 5.27. The Labute approximate surface area is 97.2 Å². The monoisotopic (exact) mass is 220 g/mol. The first-order valence-corrected chi connectivity index (χ1v) is 5.90. The van der Waals surface area contributed by atoms with Crippen LogP contribution >= 0.6 is 0 Å². The first-order valence-electron chi connectivity index (χ1n) is 5.90. The van der Waals surface area contributed by atoms with Crippen molar-refractivity contribution in [3.8, 4) is 5.75 Å². The second-order valence-electron chi connectivity index (χ2n) is 4.35. The predicted molar refractivity (Wildman–Crippen MR) is 65.5 cm³/mol. The molecule has 1 atom stereocenters. The lowest BCUT2D eigenvalue weighted by molar-refractivity contribution is 0.250. The summed E-state index contributed by atoms with van der Waals surface area (Å²) in [5, 5.41) is 0. The highest BCUT2D eigenvalue weighted by Gasteiger charge is 2.22. The second kappa shape index (κ2) is 5.32. The van der Waals surface area contributed by atoms with Gasteiger partial charge in [-0.3, -0.25) is 4.90 Å². The first-order chi connectivity index (χ1) is 7.83. The molecule has 3 heteroatoms. The van der Waals surface area contributed by atoms with Crippen LogP contribution in [0.5, 0.6) is 5.75 Å². The molecule has 1 unspecified atom stereocenters. The van der Waals surface area contributed by atoms with Gasteiger partial charge in [-0.1, -0.05) is 12.1 Å². The Morgan fingerprint density at radius 1 is 1.38 bits per heavy atom. The van der Waals surface area contributed by atoms with Crippen LogP contribution < -0.4 is 10.5 Å². The van der Waals surface area contributed by atoms with Gasteiger partial charge in [0.1, 0.15) is 5.75 Å². The van der Waals surface area contributed by atoms with Gasteiger partial charge in [0, 0.05) is 19.1 Å². The number of nitrogens with zero attached hydrogens (tertiary/aromatic N) is 1. The van der Waals surface area contributed by atoms with E-state index >= 15 is 0 Å². The molecule has 0 bridgehead atoms. The van der Waals surface area contributed by atoms with Gasteiger partial charge in [-0.15, -0.1) is 0 Å². The van der Waals surface area contributed by atoms with Crippen LogP contribution in [0.4, 0.5) is 0 Å². The van der Waals surface area contributed by atoms with Crippen molar-refractivity contribution in [3.63, 3.8) is 0 Å². The third kappa shape index (κ3) is 2.54. The third-order valence-corrected chi connectivity index (χ3v) is 3.32. The van der Waals surface area contributed by atoms with E-state index in [1.54, 1.807) is 7.11 Å². The lowest BCUT2D eigenvalue weighted by Crippen LogP contribution is -2.34. The van der Waals surface area contributed by atoms with Crippen molar-refractivity contribution in [1.29, 1.82) is 0 Å². The zero-order valence-corrected chi connectivity index (χ0v) is 9.86. The van der Waals surface area contributed by atoms with E-state index in [1.807, 2.05) is 12.1 Å². The summed E-state index contributed by atoms with van der Waals surface area (Å²) < 4.78 is 5.15. The highest BCUT2D eigenvalue weighted by atomic mass is 16.5. The first kappa shape index (κ1) is 11.4. The molecule has 2 N–H and O–H groups in total. The van der Waals surface area contributed by atoms with Crippen molar-refractivity contribution in [2.24, 2.45) is 5.73 Å². The number of hydrogen-bond donors (Lipinski definition) is 1. The maximum absolute atomic E-state index is 5.76. The molecule has 1 aliphatic rings. The number of ether oxygens (including phenoxy) is 1. The molecule has 16 heavy (non-hydrogen) atoms. The van der Waals surface area contributed by atoms with Gasteiger partial charge in [-0.2, -0.15) is 0 Å². The van der Waals surface area contributed by atoms with Crippen molar-refractivity contribution in [2.75, 3.05) is 20.2 Å². The lowest BCUT2D eigenvalue weighted by atomic mass is 10.2. The lowest BCUT2D eigenvalue weighted by Gasteiger charge is -2.23. The average Bonchev–Trinajstić information content (AvgIpc) is 2.77. The van der Waals surface area contributed by atoms with Crippen molar-refractivity contribution < 1.29 is 4.74 Å². The average molecular weight is 220 g/mol. The Bertz CT molecular complexity index is 323. The van der Waals surface area contributed by atoms with Crippen LogP contribution in [0.15, 0.2) is 24.3 Å². The molecule has 0 spiro atoms. The van der Waals surface area contributed by atoms with Gasteiger partial charge in [-0.25, -0.2) is 0 Å². The van der Waals surface area contributed by atoms with Crippen molar-refractivity contribution in [2.45, 2.75) is 25.4 Å². The van der Waals surface area contributed by atoms with E-state index in [0.29, 0.717) is 6.04 Å². The molecular weight excluding hydrogens is 200 g/mol. The Balaban J connectivity index is 1.97. The van der Waals surface area contributed by atoms with Crippen LogP contribution in [0.25, 0.3) is 0 Å². The summed E-state index contributed by atoms with van der Waals surface area (Å²) in [6.07, 6.45) is 2.52. The van der Waals surface area contributed by atoms with Crippen LogP contribution in [0.1, 0.15) is 18.4 Å². The van der Waals surface area contributed by atoms with E-state index in [0.717, 1.165) is 18.8 Å². The molecule has 0 aliphatic carbocycles. The molecule has 1 aromatic carbocycles.